The summed E-state index contributed by atoms with van der Waals surface area (Å²) in [7, 11) is 0. The molecule has 4 heteroatoms. The number of imidazole rings is 1. The molecule has 3 rings (SSSR count). The van der Waals surface area contributed by atoms with Gasteiger partial charge in [-0.3, -0.25) is 4.98 Å². The summed E-state index contributed by atoms with van der Waals surface area (Å²) in [6.07, 6.45) is 4.32. The van der Waals surface area contributed by atoms with E-state index in [1.54, 1.807) is 0 Å². The lowest BCUT2D eigenvalue weighted by atomic mass is 10.2. The lowest BCUT2D eigenvalue weighted by Gasteiger charge is -2.13. The summed E-state index contributed by atoms with van der Waals surface area (Å²) in [5.74, 6) is 2.50. The van der Waals surface area contributed by atoms with Gasteiger partial charge in [-0.1, -0.05) is 0 Å². The largest absolute Gasteiger partial charge is 0.383 e. The Morgan fingerprint density at radius 2 is 2.05 bits per heavy atom. The van der Waals surface area contributed by atoms with Gasteiger partial charge in [0, 0.05) is 29.4 Å². The molecule has 2 aromatic heterocycles. The van der Waals surface area contributed by atoms with Crippen molar-refractivity contribution >= 4 is 5.82 Å². The minimum absolute atomic E-state index is 0.343. The van der Waals surface area contributed by atoms with Crippen molar-refractivity contribution < 1.29 is 0 Å². The van der Waals surface area contributed by atoms with Crippen LogP contribution in [-0.2, 0) is 0 Å². The third kappa shape index (κ3) is 2.11. The maximum absolute atomic E-state index is 6.31. The third-order valence-corrected chi connectivity index (χ3v) is 3.62. The number of hydrogen-bond acceptors (Lipinski definition) is 3. The maximum atomic E-state index is 6.31. The molecule has 0 atom stereocenters. The Morgan fingerprint density at radius 1 is 1.32 bits per heavy atom. The van der Waals surface area contributed by atoms with Gasteiger partial charge in [-0.2, -0.15) is 0 Å². The quantitative estimate of drug-likeness (QED) is 0.916. The number of aryl methyl sites for hydroxylation is 1. The number of hydrogen-bond donors (Lipinski definition) is 1. The average Bonchev–Trinajstić information content (AvgIpc) is 3.14. The van der Waals surface area contributed by atoms with E-state index in [1.165, 1.54) is 12.8 Å². The summed E-state index contributed by atoms with van der Waals surface area (Å²) in [5, 5.41) is 0. The Kier molecular flexibility index (Phi) is 2.81. The number of anilines is 1. The Hall–Kier alpha value is -1.84. The van der Waals surface area contributed by atoms with Gasteiger partial charge in [0.25, 0.3) is 0 Å². The number of rotatable bonds is 3. The SMILES string of the molecule is Cc1ccc(-c2nc(C3CC3)n(C(C)C)c2N)cn1. The van der Waals surface area contributed by atoms with Crippen molar-refractivity contribution in [1.29, 1.82) is 0 Å². The van der Waals surface area contributed by atoms with Crippen LogP contribution < -0.4 is 5.73 Å². The second-order valence-electron chi connectivity index (χ2n) is 5.63. The van der Waals surface area contributed by atoms with Crippen molar-refractivity contribution in [3.05, 3.63) is 29.8 Å². The fourth-order valence-corrected chi connectivity index (χ4v) is 2.46. The summed E-state index contributed by atoms with van der Waals surface area (Å²) >= 11 is 0. The van der Waals surface area contributed by atoms with Crippen LogP contribution >= 0.6 is 0 Å². The molecule has 2 heterocycles. The zero-order chi connectivity index (χ0) is 13.6. The van der Waals surface area contributed by atoms with Gasteiger partial charge in [0.1, 0.15) is 17.3 Å². The highest BCUT2D eigenvalue weighted by atomic mass is 15.2. The predicted octanol–water partition coefficient (Wildman–Crippen LogP) is 3.29. The van der Waals surface area contributed by atoms with Crippen molar-refractivity contribution in [2.24, 2.45) is 0 Å². The van der Waals surface area contributed by atoms with Crippen molar-refractivity contribution in [3.63, 3.8) is 0 Å². The molecule has 1 aliphatic rings. The Balaban J connectivity index is 2.11. The van der Waals surface area contributed by atoms with Gasteiger partial charge in [-0.15, -0.1) is 0 Å². The normalized spacial score (nSPS) is 15.2. The van der Waals surface area contributed by atoms with E-state index in [4.69, 9.17) is 10.7 Å². The number of nitrogens with zero attached hydrogens (tertiary/aromatic N) is 3. The molecule has 19 heavy (non-hydrogen) atoms. The van der Waals surface area contributed by atoms with Gasteiger partial charge >= 0.3 is 0 Å². The predicted molar refractivity (Wildman–Crippen MR) is 77.0 cm³/mol. The van der Waals surface area contributed by atoms with Crippen LogP contribution in [0.1, 0.15) is 50.2 Å². The molecule has 1 fully saturated rings. The van der Waals surface area contributed by atoms with Crippen LogP contribution in [0.2, 0.25) is 0 Å². The summed E-state index contributed by atoms with van der Waals surface area (Å²) < 4.78 is 2.17. The van der Waals surface area contributed by atoms with Crippen molar-refractivity contribution in [2.45, 2.75) is 45.6 Å². The van der Waals surface area contributed by atoms with Gasteiger partial charge in [0.15, 0.2) is 0 Å². The van der Waals surface area contributed by atoms with Crippen molar-refractivity contribution in [1.82, 2.24) is 14.5 Å². The van der Waals surface area contributed by atoms with E-state index in [2.05, 4.69) is 23.4 Å². The molecule has 2 aromatic rings. The molecule has 0 unspecified atom stereocenters. The summed E-state index contributed by atoms with van der Waals surface area (Å²) in [4.78, 5) is 9.13. The average molecular weight is 256 g/mol. The van der Waals surface area contributed by atoms with Crippen LogP contribution in [0.25, 0.3) is 11.3 Å². The van der Waals surface area contributed by atoms with Crippen LogP contribution in [0.5, 0.6) is 0 Å². The van der Waals surface area contributed by atoms with E-state index in [9.17, 15) is 0 Å². The first-order valence-electron chi connectivity index (χ1n) is 6.88. The number of aromatic nitrogens is 3. The van der Waals surface area contributed by atoms with Gasteiger partial charge < -0.3 is 10.3 Å². The van der Waals surface area contributed by atoms with Crippen LogP contribution in [-0.4, -0.2) is 14.5 Å². The molecule has 4 nitrogen and oxygen atoms in total. The van der Waals surface area contributed by atoms with Crippen LogP contribution in [0, 0.1) is 6.92 Å². The zero-order valence-electron chi connectivity index (χ0n) is 11.7. The van der Waals surface area contributed by atoms with E-state index in [0.717, 1.165) is 28.6 Å². The fraction of sp³-hybridized carbons (Fsp3) is 0.467. The van der Waals surface area contributed by atoms with Crippen molar-refractivity contribution in [3.8, 4) is 11.3 Å². The third-order valence-electron chi connectivity index (χ3n) is 3.62. The summed E-state index contributed by atoms with van der Waals surface area (Å²) in [5.41, 5.74) is 9.20. The zero-order valence-corrected chi connectivity index (χ0v) is 11.7. The molecule has 2 N–H and O–H groups in total. The molecule has 100 valence electrons. The monoisotopic (exact) mass is 256 g/mol. The first-order chi connectivity index (χ1) is 9.08. The summed E-state index contributed by atoms with van der Waals surface area (Å²) in [6, 6.07) is 4.39. The molecular formula is C15H20N4. The maximum Gasteiger partial charge on any atom is 0.132 e. The van der Waals surface area contributed by atoms with Gasteiger partial charge in [-0.25, -0.2) is 4.98 Å². The smallest absolute Gasteiger partial charge is 0.132 e. The second-order valence-corrected chi connectivity index (χ2v) is 5.63. The van der Waals surface area contributed by atoms with E-state index >= 15 is 0 Å². The minimum Gasteiger partial charge on any atom is -0.383 e. The topological polar surface area (TPSA) is 56.7 Å². The molecule has 0 saturated heterocycles. The standard InChI is InChI=1S/C15H20N4/c1-9(2)19-14(16)13(18-15(19)11-6-7-11)12-5-4-10(3)17-8-12/h4-5,8-9,11H,6-7,16H2,1-3H3. The van der Waals surface area contributed by atoms with E-state index in [0.29, 0.717) is 12.0 Å². The van der Waals surface area contributed by atoms with Crippen LogP contribution in [0.4, 0.5) is 5.82 Å². The number of pyridine rings is 1. The van der Waals surface area contributed by atoms with E-state index < -0.39 is 0 Å². The molecule has 0 radical (unpaired) electrons. The van der Waals surface area contributed by atoms with E-state index in [-0.39, 0.29) is 0 Å². The molecule has 0 amide bonds. The lowest BCUT2D eigenvalue weighted by molar-refractivity contribution is 0.576. The lowest BCUT2D eigenvalue weighted by Crippen LogP contribution is -2.08. The molecule has 0 spiro atoms. The highest BCUT2D eigenvalue weighted by Crippen LogP contribution is 2.43. The molecule has 0 bridgehead atoms. The van der Waals surface area contributed by atoms with Gasteiger partial charge in [0.2, 0.25) is 0 Å². The minimum atomic E-state index is 0.343. The Bertz CT molecular complexity index is 591. The van der Waals surface area contributed by atoms with Gasteiger partial charge in [-0.05, 0) is 45.7 Å². The Labute approximate surface area is 113 Å². The molecule has 1 aliphatic carbocycles. The van der Waals surface area contributed by atoms with Gasteiger partial charge in [0.05, 0.1) is 0 Å². The molecular weight excluding hydrogens is 236 g/mol. The number of nitrogens with two attached hydrogens (primary N) is 1. The Morgan fingerprint density at radius 3 is 2.58 bits per heavy atom. The molecule has 0 aliphatic heterocycles. The second kappa shape index (κ2) is 4.37. The molecule has 1 saturated carbocycles. The number of nitrogen functional groups attached to an aromatic ring is 1. The van der Waals surface area contributed by atoms with Crippen molar-refractivity contribution in [2.75, 3.05) is 5.73 Å². The van der Waals surface area contributed by atoms with E-state index in [1.807, 2.05) is 25.3 Å². The van der Waals surface area contributed by atoms with Crippen LogP contribution in [0.15, 0.2) is 18.3 Å². The highest BCUT2D eigenvalue weighted by molar-refractivity contribution is 5.70. The molecule has 0 aromatic carbocycles. The fourth-order valence-electron chi connectivity index (χ4n) is 2.46. The highest BCUT2D eigenvalue weighted by Gasteiger charge is 2.31. The summed E-state index contributed by atoms with van der Waals surface area (Å²) in [6.45, 7) is 6.29. The van der Waals surface area contributed by atoms with Crippen LogP contribution in [0.3, 0.4) is 0 Å². The first kappa shape index (κ1) is 12.2. The first-order valence-corrected chi connectivity index (χ1v) is 6.88.